The molecule has 1 fully saturated rings. The smallest absolute Gasteiger partial charge is 0.269 e. The number of anilines is 1. The lowest BCUT2D eigenvalue weighted by atomic mass is 10.0. The van der Waals surface area contributed by atoms with Crippen molar-refractivity contribution in [1.29, 1.82) is 0 Å². The number of carbonyl (C=O) groups excluding carboxylic acids is 1. The molecule has 3 heterocycles. The van der Waals surface area contributed by atoms with Crippen molar-refractivity contribution in [3.63, 3.8) is 0 Å². The lowest BCUT2D eigenvalue weighted by Crippen LogP contribution is -2.48. The van der Waals surface area contributed by atoms with Gasteiger partial charge in [-0.1, -0.05) is 0 Å². The number of fused-ring (bicyclic) bond motifs is 1. The highest BCUT2D eigenvalue weighted by atomic mass is 19.1. The van der Waals surface area contributed by atoms with E-state index in [9.17, 15) is 19.3 Å². The molecule has 0 unspecified atom stereocenters. The molecule has 0 bridgehead atoms. The van der Waals surface area contributed by atoms with Gasteiger partial charge in [-0.15, -0.1) is 0 Å². The molecule has 5 rings (SSSR count). The van der Waals surface area contributed by atoms with Gasteiger partial charge in [0, 0.05) is 62.6 Å². The van der Waals surface area contributed by atoms with Gasteiger partial charge in [0.1, 0.15) is 5.82 Å². The number of amides is 1. The molecule has 0 radical (unpaired) electrons. The largest absolute Gasteiger partial charge is 0.368 e. The van der Waals surface area contributed by atoms with Crippen molar-refractivity contribution in [1.82, 2.24) is 14.5 Å². The van der Waals surface area contributed by atoms with Crippen molar-refractivity contribution in [3.05, 3.63) is 88.4 Å². The molecular formula is C25H22FN5O3. The molecule has 1 aliphatic rings. The van der Waals surface area contributed by atoms with Gasteiger partial charge in [0.15, 0.2) is 0 Å². The number of hydrogen-bond donors (Lipinski definition) is 0. The van der Waals surface area contributed by atoms with Gasteiger partial charge in [0.05, 0.1) is 27.4 Å². The number of aryl methyl sites for hydroxylation is 1. The van der Waals surface area contributed by atoms with Gasteiger partial charge in [-0.3, -0.25) is 14.9 Å². The summed E-state index contributed by atoms with van der Waals surface area (Å²) in [4.78, 5) is 32.6. The molecule has 1 aliphatic heterocycles. The molecule has 0 atom stereocenters. The third-order valence-electron chi connectivity index (χ3n) is 6.20. The Morgan fingerprint density at radius 3 is 2.41 bits per heavy atom. The number of non-ortho nitro benzene ring substituents is 1. The van der Waals surface area contributed by atoms with Crippen molar-refractivity contribution < 1.29 is 14.1 Å². The first-order valence-electron chi connectivity index (χ1n) is 10.9. The Labute approximate surface area is 195 Å². The Morgan fingerprint density at radius 2 is 1.76 bits per heavy atom. The van der Waals surface area contributed by atoms with E-state index in [4.69, 9.17) is 0 Å². The molecule has 0 spiro atoms. The van der Waals surface area contributed by atoms with E-state index in [1.807, 2.05) is 29.9 Å². The zero-order chi connectivity index (χ0) is 23.8. The minimum atomic E-state index is -0.425. The molecule has 172 valence electrons. The van der Waals surface area contributed by atoms with Gasteiger partial charge >= 0.3 is 0 Å². The van der Waals surface area contributed by atoms with Crippen molar-refractivity contribution in [3.8, 4) is 11.4 Å². The number of piperazine rings is 1. The second kappa shape index (κ2) is 8.58. The molecule has 0 saturated carbocycles. The topological polar surface area (TPSA) is 84.5 Å². The van der Waals surface area contributed by atoms with E-state index in [1.54, 1.807) is 29.2 Å². The number of nitro groups is 1. The molecule has 1 saturated heterocycles. The van der Waals surface area contributed by atoms with Crippen LogP contribution in [0.4, 0.5) is 15.8 Å². The Hall–Kier alpha value is -4.27. The molecule has 34 heavy (non-hydrogen) atoms. The normalized spacial score (nSPS) is 13.9. The number of carbonyl (C=O) groups is 1. The minimum absolute atomic E-state index is 0.0448. The molecule has 0 aliphatic carbocycles. The number of benzene rings is 2. The first-order valence-corrected chi connectivity index (χ1v) is 10.9. The Kier molecular flexibility index (Phi) is 5.45. The van der Waals surface area contributed by atoms with Gasteiger partial charge < -0.3 is 14.4 Å². The highest BCUT2D eigenvalue weighted by Gasteiger charge is 2.25. The second-order valence-corrected chi connectivity index (χ2v) is 8.27. The zero-order valence-electron chi connectivity index (χ0n) is 18.5. The molecule has 9 heteroatoms. The molecule has 1 amide bonds. The van der Waals surface area contributed by atoms with Crippen molar-refractivity contribution in [2.45, 2.75) is 0 Å². The number of rotatable bonds is 4. The number of hydrogen-bond acceptors (Lipinski definition) is 5. The van der Waals surface area contributed by atoms with E-state index in [0.29, 0.717) is 48.3 Å². The fourth-order valence-corrected chi connectivity index (χ4v) is 4.36. The molecule has 0 N–H and O–H groups in total. The quantitative estimate of drug-likeness (QED) is 0.337. The average Bonchev–Trinajstić information content (AvgIpc) is 3.29. The van der Waals surface area contributed by atoms with Crippen LogP contribution in [0.5, 0.6) is 0 Å². The number of pyridine rings is 1. The summed E-state index contributed by atoms with van der Waals surface area (Å²) in [6.45, 7) is 2.14. The highest BCUT2D eigenvalue weighted by Crippen LogP contribution is 2.28. The summed E-state index contributed by atoms with van der Waals surface area (Å²) in [6.07, 6.45) is 1.91. The van der Waals surface area contributed by atoms with Crippen LogP contribution in [0.3, 0.4) is 0 Å². The third-order valence-corrected chi connectivity index (χ3v) is 6.20. The predicted octanol–water partition coefficient (Wildman–Crippen LogP) is 4.25. The van der Waals surface area contributed by atoms with Crippen molar-refractivity contribution in [2.75, 3.05) is 31.1 Å². The fourth-order valence-electron chi connectivity index (χ4n) is 4.36. The number of halogens is 1. The minimum Gasteiger partial charge on any atom is -0.368 e. The summed E-state index contributed by atoms with van der Waals surface area (Å²) < 4.78 is 16.0. The maximum absolute atomic E-state index is 14.1. The lowest BCUT2D eigenvalue weighted by Gasteiger charge is -2.36. The van der Waals surface area contributed by atoms with Gasteiger partial charge in [-0.2, -0.15) is 0 Å². The van der Waals surface area contributed by atoms with Crippen LogP contribution in [0.1, 0.15) is 10.4 Å². The molecule has 8 nitrogen and oxygen atoms in total. The maximum atomic E-state index is 14.1. The lowest BCUT2D eigenvalue weighted by molar-refractivity contribution is -0.384. The van der Waals surface area contributed by atoms with Crippen LogP contribution in [0.15, 0.2) is 66.9 Å². The number of nitrogens with zero attached hydrogens (tertiary/aromatic N) is 5. The molecule has 4 aromatic rings. The second-order valence-electron chi connectivity index (χ2n) is 8.27. The molecule has 2 aromatic heterocycles. The standard InChI is InChI=1S/C25H22FN5O3/c1-28-10-2-3-24(28)23-16-21(20-15-17(26)4-9-22(20)27-23)25(32)30-13-11-29(12-14-30)18-5-7-19(8-6-18)31(33)34/h2-10,15-16H,11-14H2,1H3. The van der Waals surface area contributed by atoms with E-state index in [0.717, 1.165) is 11.4 Å². The van der Waals surface area contributed by atoms with Crippen LogP contribution in [0.2, 0.25) is 0 Å². The average molecular weight is 459 g/mol. The van der Waals surface area contributed by atoms with E-state index in [-0.39, 0.29) is 11.6 Å². The van der Waals surface area contributed by atoms with Crippen molar-refractivity contribution >= 4 is 28.2 Å². The van der Waals surface area contributed by atoms with E-state index >= 15 is 0 Å². The summed E-state index contributed by atoms with van der Waals surface area (Å²) in [6, 6.07) is 16.3. The zero-order valence-corrected chi connectivity index (χ0v) is 18.5. The van der Waals surface area contributed by atoms with E-state index in [2.05, 4.69) is 9.88 Å². The Morgan fingerprint density at radius 1 is 1.03 bits per heavy atom. The summed E-state index contributed by atoms with van der Waals surface area (Å²) in [5.74, 6) is -0.588. The van der Waals surface area contributed by atoms with Crippen LogP contribution in [0.25, 0.3) is 22.3 Å². The summed E-state index contributed by atoms with van der Waals surface area (Å²) >= 11 is 0. The number of aromatic nitrogens is 2. The highest BCUT2D eigenvalue weighted by molar-refractivity contribution is 6.07. The molecule has 2 aromatic carbocycles. The first kappa shape index (κ1) is 21.6. The van der Waals surface area contributed by atoms with Gasteiger partial charge in [0.25, 0.3) is 11.6 Å². The summed E-state index contributed by atoms with van der Waals surface area (Å²) in [5.41, 5.74) is 3.42. The monoisotopic (exact) mass is 459 g/mol. The Balaban J connectivity index is 1.42. The van der Waals surface area contributed by atoms with Crippen LogP contribution >= 0.6 is 0 Å². The van der Waals surface area contributed by atoms with Crippen LogP contribution in [0, 0.1) is 15.9 Å². The fraction of sp³-hybridized carbons (Fsp3) is 0.200. The van der Waals surface area contributed by atoms with Crippen LogP contribution in [-0.2, 0) is 7.05 Å². The predicted molar refractivity (Wildman–Crippen MR) is 127 cm³/mol. The van der Waals surface area contributed by atoms with E-state index in [1.165, 1.54) is 24.3 Å². The first-order chi connectivity index (χ1) is 16.4. The van der Waals surface area contributed by atoms with Gasteiger partial charge in [0.2, 0.25) is 0 Å². The Bertz CT molecular complexity index is 1390. The third kappa shape index (κ3) is 3.96. The summed E-state index contributed by atoms with van der Waals surface area (Å²) in [7, 11) is 1.91. The maximum Gasteiger partial charge on any atom is 0.269 e. The van der Waals surface area contributed by atoms with Gasteiger partial charge in [-0.25, -0.2) is 9.37 Å². The van der Waals surface area contributed by atoms with Crippen LogP contribution in [-0.4, -0.2) is 51.5 Å². The van der Waals surface area contributed by atoms with Crippen LogP contribution < -0.4 is 4.90 Å². The SMILES string of the molecule is Cn1cccc1-c1cc(C(=O)N2CCN(c3ccc([N+](=O)[O-])cc3)CC2)c2cc(F)ccc2n1. The number of nitro benzene ring substituents is 1. The van der Waals surface area contributed by atoms with Crippen molar-refractivity contribution in [2.24, 2.45) is 7.05 Å². The van der Waals surface area contributed by atoms with Gasteiger partial charge in [-0.05, 0) is 48.5 Å². The summed E-state index contributed by atoms with van der Waals surface area (Å²) in [5, 5.41) is 11.4. The van der Waals surface area contributed by atoms with E-state index < -0.39 is 10.7 Å². The molecular weight excluding hydrogens is 437 g/mol.